The molecule has 5 atom stereocenters. The van der Waals surface area contributed by atoms with Gasteiger partial charge in [-0.25, -0.2) is 0 Å². The van der Waals surface area contributed by atoms with Crippen LogP contribution in [0, 0.1) is 23.7 Å². The second-order valence-electron chi connectivity index (χ2n) is 6.97. The highest BCUT2D eigenvalue weighted by atomic mass is 32.2. The van der Waals surface area contributed by atoms with Crippen molar-refractivity contribution in [2.75, 3.05) is 0 Å². The van der Waals surface area contributed by atoms with E-state index in [4.69, 9.17) is 9.47 Å². The van der Waals surface area contributed by atoms with Crippen molar-refractivity contribution < 1.29 is 32.0 Å². The quantitative estimate of drug-likeness (QED) is 0.591. The van der Waals surface area contributed by atoms with Crippen molar-refractivity contribution in [3.63, 3.8) is 0 Å². The zero-order valence-electron chi connectivity index (χ0n) is 13.8. The average molecular weight is 348 g/mol. The van der Waals surface area contributed by atoms with Crippen LogP contribution in [0.3, 0.4) is 0 Å². The normalized spacial score (nSPS) is 33.3. The van der Waals surface area contributed by atoms with E-state index in [1.54, 1.807) is 27.7 Å². The van der Waals surface area contributed by atoms with Crippen LogP contribution < -0.4 is 0 Å². The highest BCUT2D eigenvalue weighted by Gasteiger charge is 2.62. The molecule has 1 N–H and O–H groups in total. The molecule has 0 aliphatic heterocycles. The van der Waals surface area contributed by atoms with Crippen LogP contribution in [0.1, 0.15) is 40.5 Å². The van der Waals surface area contributed by atoms with Crippen LogP contribution in [0.25, 0.3) is 0 Å². The fourth-order valence-corrected chi connectivity index (χ4v) is 5.14. The molecule has 2 saturated carbocycles. The third-order valence-electron chi connectivity index (χ3n) is 4.57. The Morgan fingerprint density at radius 1 is 0.957 bits per heavy atom. The summed E-state index contributed by atoms with van der Waals surface area (Å²) in [5, 5.41) is -1.01. The Labute approximate surface area is 136 Å². The summed E-state index contributed by atoms with van der Waals surface area (Å²) in [6.07, 6.45) is -0.110. The molecule has 2 rings (SSSR count). The van der Waals surface area contributed by atoms with Crippen LogP contribution in [-0.2, 0) is 29.2 Å². The van der Waals surface area contributed by atoms with Crippen LogP contribution in [0.5, 0.6) is 0 Å². The van der Waals surface area contributed by atoms with Gasteiger partial charge in [-0.15, -0.1) is 0 Å². The lowest BCUT2D eigenvalue weighted by Crippen LogP contribution is -2.44. The van der Waals surface area contributed by atoms with Crippen molar-refractivity contribution >= 4 is 22.1 Å². The molecule has 2 fully saturated rings. The number of hydrogen-bond donors (Lipinski definition) is 1. The highest BCUT2D eigenvalue weighted by molar-refractivity contribution is 7.86. The Morgan fingerprint density at radius 3 is 1.87 bits per heavy atom. The van der Waals surface area contributed by atoms with Crippen LogP contribution >= 0.6 is 0 Å². The van der Waals surface area contributed by atoms with Gasteiger partial charge in [0.25, 0.3) is 10.1 Å². The Balaban J connectivity index is 2.29. The van der Waals surface area contributed by atoms with Crippen LogP contribution in [0.2, 0.25) is 0 Å². The van der Waals surface area contributed by atoms with Gasteiger partial charge in [-0.05, 0) is 52.4 Å². The van der Waals surface area contributed by atoms with Crippen molar-refractivity contribution in [3.05, 3.63) is 0 Å². The maximum Gasteiger partial charge on any atom is 0.310 e. The lowest BCUT2D eigenvalue weighted by atomic mass is 9.79. The predicted molar refractivity (Wildman–Crippen MR) is 81.0 cm³/mol. The SMILES string of the molecule is CC(C)OC(=O)C1C2CC(C1C(=O)OC(C)C)C(S(=O)(=O)O)C2. The average Bonchev–Trinajstić information content (AvgIpc) is 2.93. The van der Waals surface area contributed by atoms with E-state index in [9.17, 15) is 22.6 Å². The van der Waals surface area contributed by atoms with Gasteiger partial charge in [-0.3, -0.25) is 14.1 Å². The van der Waals surface area contributed by atoms with Crippen LogP contribution in [0.4, 0.5) is 0 Å². The molecule has 0 heterocycles. The zero-order chi connectivity index (χ0) is 17.5. The van der Waals surface area contributed by atoms with Gasteiger partial charge < -0.3 is 9.47 Å². The van der Waals surface area contributed by atoms with Gasteiger partial charge in [0.2, 0.25) is 0 Å². The largest absolute Gasteiger partial charge is 0.463 e. The molecule has 0 saturated heterocycles. The Morgan fingerprint density at radius 2 is 1.43 bits per heavy atom. The van der Waals surface area contributed by atoms with Crippen LogP contribution in [0.15, 0.2) is 0 Å². The smallest absolute Gasteiger partial charge is 0.310 e. The minimum absolute atomic E-state index is 0.173. The lowest BCUT2D eigenvalue weighted by Gasteiger charge is -2.32. The Hall–Kier alpha value is -1.15. The molecule has 0 radical (unpaired) electrons. The third-order valence-corrected chi connectivity index (χ3v) is 5.88. The second-order valence-corrected chi connectivity index (χ2v) is 8.61. The van der Waals surface area contributed by atoms with Crippen molar-refractivity contribution in [2.45, 2.75) is 58.0 Å². The fourth-order valence-electron chi connectivity index (χ4n) is 3.93. The van der Waals surface area contributed by atoms with Gasteiger partial charge in [-0.1, -0.05) is 0 Å². The number of carbonyl (C=O) groups excluding carboxylic acids is 2. The number of hydrogen-bond acceptors (Lipinski definition) is 6. The molecule has 0 aromatic heterocycles. The summed E-state index contributed by atoms with van der Waals surface area (Å²) in [6, 6.07) is 0. The van der Waals surface area contributed by atoms with E-state index in [-0.39, 0.29) is 24.5 Å². The maximum atomic E-state index is 12.4. The highest BCUT2D eigenvalue weighted by Crippen LogP contribution is 2.55. The van der Waals surface area contributed by atoms with E-state index in [2.05, 4.69) is 0 Å². The summed E-state index contributed by atoms with van der Waals surface area (Å²) < 4.78 is 43.0. The van der Waals surface area contributed by atoms with Gasteiger partial charge in [0, 0.05) is 0 Å². The first-order valence-electron chi connectivity index (χ1n) is 7.89. The second kappa shape index (κ2) is 6.39. The van der Waals surface area contributed by atoms with E-state index in [0.717, 1.165) is 0 Å². The zero-order valence-corrected chi connectivity index (χ0v) is 14.6. The van der Waals surface area contributed by atoms with Crippen molar-refractivity contribution in [1.82, 2.24) is 0 Å². The standard InChI is InChI=1S/C15H24O7S/c1-7(2)21-14(16)12-9-5-10(11(6-9)23(18,19)20)13(12)15(17)22-8(3)4/h7-13H,5-6H2,1-4H3,(H,18,19,20). The van der Waals surface area contributed by atoms with Crippen molar-refractivity contribution in [2.24, 2.45) is 23.7 Å². The summed E-state index contributed by atoms with van der Waals surface area (Å²) >= 11 is 0. The molecule has 2 aliphatic carbocycles. The van der Waals surface area contributed by atoms with E-state index in [1.807, 2.05) is 0 Å². The molecule has 7 nitrogen and oxygen atoms in total. The fraction of sp³-hybridized carbons (Fsp3) is 0.867. The maximum absolute atomic E-state index is 12.4. The number of rotatable bonds is 5. The summed E-state index contributed by atoms with van der Waals surface area (Å²) in [6.45, 7) is 6.81. The molecule has 132 valence electrons. The van der Waals surface area contributed by atoms with Gasteiger partial charge in [0.05, 0.1) is 29.3 Å². The number of carbonyl (C=O) groups is 2. The first-order chi connectivity index (χ1) is 10.5. The molecule has 5 unspecified atom stereocenters. The molecule has 0 amide bonds. The molecule has 8 heteroatoms. The molecular formula is C15H24O7S. The van der Waals surface area contributed by atoms with Gasteiger partial charge in [0.1, 0.15) is 0 Å². The van der Waals surface area contributed by atoms with Gasteiger partial charge >= 0.3 is 11.9 Å². The Kier molecular flexibility index (Phi) is 5.06. The topological polar surface area (TPSA) is 107 Å². The molecule has 23 heavy (non-hydrogen) atoms. The van der Waals surface area contributed by atoms with E-state index in [1.165, 1.54) is 0 Å². The summed E-state index contributed by atoms with van der Waals surface area (Å²) in [5.74, 6) is -3.56. The molecule has 0 aromatic carbocycles. The monoisotopic (exact) mass is 348 g/mol. The van der Waals surface area contributed by atoms with Crippen molar-refractivity contribution in [1.29, 1.82) is 0 Å². The molecule has 0 spiro atoms. The van der Waals surface area contributed by atoms with Gasteiger partial charge in [0.15, 0.2) is 0 Å². The summed E-state index contributed by atoms with van der Waals surface area (Å²) in [7, 11) is -4.26. The third kappa shape index (κ3) is 3.68. The number of esters is 2. The van der Waals surface area contributed by atoms with E-state index < -0.39 is 45.1 Å². The molecule has 2 aliphatic rings. The minimum atomic E-state index is -4.26. The van der Waals surface area contributed by atoms with E-state index in [0.29, 0.717) is 6.42 Å². The van der Waals surface area contributed by atoms with Crippen molar-refractivity contribution in [3.8, 4) is 0 Å². The van der Waals surface area contributed by atoms with Gasteiger partial charge in [-0.2, -0.15) is 8.42 Å². The molecular weight excluding hydrogens is 324 g/mol. The summed E-state index contributed by atoms with van der Waals surface area (Å²) in [4.78, 5) is 24.8. The number of fused-ring (bicyclic) bond motifs is 2. The Bertz CT molecular complexity index is 581. The number of ether oxygens (including phenoxy) is 2. The van der Waals surface area contributed by atoms with Crippen LogP contribution in [-0.4, -0.2) is 42.4 Å². The lowest BCUT2D eigenvalue weighted by molar-refractivity contribution is -0.167. The molecule has 0 aromatic rings. The first kappa shape index (κ1) is 18.2. The molecule has 2 bridgehead atoms. The summed E-state index contributed by atoms with van der Waals surface area (Å²) in [5.41, 5.74) is 0. The first-order valence-corrected chi connectivity index (χ1v) is 9.40. The minimum Gasteiger partial charge on any atom is -0.463 e. The predicted octanol–water partition coefficient (Wildman–Crippen LogP) is 1.42. The van der Waals surface area contributed by atoms with E-state index >= 15 is 0 Å².